The first-order valence-corrected chi connectivity index (χ1v) is 6.08. The molecule has 0 radical (unpaired) electrons. The van der Waals surface area contributed by atoms with Crippen LogP contribution in [0.5, 0.6) is 0 Å². The summed E-state index contributed by atoms with van der Waals surface area (Å²) < 4.78 is 0. The second-order valence-electron chi connectivity index (χ2n) is 3.88. The number of hydrogen-bond donors (Lipinski definition) is 2. The van der Waals surface area contributed by atoms with Gasteiger partial charge in [-0.05, 0) is 23.9 Å². The third-order valence-electron chi connectivity index (χ3n) is 2.75. The van der Waals surface area contributed by atoms with Crippen molar-refractivity contribution in [3.05, 3.63) is 57.8 Å². The standard InChI is InChI=1S/C13H15NOS/c1-10-7-12(8-16-10)13(15,9-14)11-5-3-2-4-6-11/h2-8,15H,9,14H2,1H3. The van der Waals surface area contributed by atoms with Crippen LogP contribution in [0, 0.1) is 6.92 Å². The Labute approximate surface area is 99.4 Å². The molecule has 3 heteroatoms. The Morgan fingerprint density at radius 1 is 1.25 bits per heavy atom. The summed E-state index contributed by atoms with van der Waals surface area (Å²) in [6.07, 6.45) is 0. The molecule has 0 aliphatic rings. The molecule has 84 valence electrons. The first kappa shape index (κ1) is 11.3. The normalized spacial score (nSPS) is 14.7. The Balaban J connectivity index is 2.48. The summed E-state index contributed by atoms with van der Waals surface area (Å²) in [5.41, 5.74) is 6.39. The molecule has 0 aliphatic heterocycles. The number of benzene rings is 1. The zero-order valence-electron chi connectivity index (χ0n) is 9.18. The molecule has 0 saturated carbocycles. The fraction of sp³-hybridized carbons (Fsp3) is 0.231. The van der Waals surface area contributed by atoms with Crippen molar-refractivity contribution < 1.29 is 5.11 Å². The minimum Gasteiger partial charge on any atom is -0.379 e. The molecule has 0 spiro atoms. The molecule has 1 aromatic heterocycles. The molecule has 16 heavy (non-hydrogen) atoms. The number of rotatable bonds is 3. The van der Waals surface area contributed by atoms with Gasteiger partial charge in [0.25, 0.3) is 0 Å². The van der Waals surface area contributed by atoms with E-state index in [-0.39, 0.29) is 6.54 Å². The molecule has 0 amide bonds. The highest BCUT2D eigenvalue weighted by molar-refractivity contribution is 7.10. The van der Waals surface area contributed by atoms with Crippen LogP contribution in [0.3, 0.4) is 0 Å². The minimum atomic E-state index is -1.06. The molecule has 1 aromatic carbocycles. The van der Waals surface area contributed by atoms with Crippen molar-refractivity contribution in [2.45, 2.75) is 12.5 Å². The molecular weight excluding hydrogens is 218 g/mol. The molecule has 0 saturated heterocycles. The van der Waals surface area contributed by atoms with Crippen LogP contribution in [0.4, 0.5) is 0 Å². The maximum atomic E-state index is 10.7. The van der Waals surface area contributed by atoms with Crippen molar-refractivity contribution in [2.75, 3.05) is 6.54 Å². The maximum Gasteiger partial charge on any atom is 0.128 e. The van der Waals surface area contributed by atoms with Crippen molar-refractivity contribution >= 4 is 11.3 Å². The summed E-state index contributed by atoms with van der Waals surface area (Å²) in [7, 11) is 0. The summed E-state index contributed by atoms with van der Waals surface area (Å²) >= 11 is 1.63. The molecule has 1 heterocycles. The molecule has 1 unspecified atom stereocenters. The van der Waals surface area contributed by atoms with Gasteiger partial charge in [-0.25, -0.2) is 0 Å². The summed E-state index contributed by atoms with van der Waals surface area (Å²) in [6, 6.07) is 11.5. The third kappa shape index (κ3) is 1.89. The first-order valence-electron chi connectivity index (χ1n) is 5.20. The van der Waals surface area contributed by atoms with E-state index in [1.807, 2.05) is 48.7 Å². The molecule has 1 atom stereocenters. The highest BCUT2D eigenvalue weighted by atomic mass is 32.1. The first-order chi connectivity index (χ1) is 7.66. The smallest absolute Gasteiger partial charge is 0.128 e. The van der Waals surface area contributed by atoms with Crippen LogP contribution in [0.2, 0.25) is 0 Å². The topological polar surface area (TPSA) is 46.2 Å². The third-order valence-corrected chi connectivity index (χ3v) is 3.62. The largest absolute Gasteiger partial charge is 0.379 e. The van der Waals surface area contributed by atoms with Crippen molar-refractivity contribution in [3.63, 3.8) is 0 Å². The van der Waals surface area contributed by atoms with Gasteiger partial charge in [0.2, 0.25) is 0 Å². The fourth-order valence-electron chi connectivity index (χ4n) is 1.78. The van der Waals surface area contributed by atoms with Gasteiger partial charge >= 0.3 is 0 Å². The van der Waals surface area contributed by atoms with Gasteiger partial charge in [-0.15, -0.1) is 11.3 Å². The van der Waals surface area contributed by atoms with E-state index >= 15 is 0 Å². The molecule has 2 aromatic rings. The van der Waals surface area contributed by atoms with Crippen molar-refractivity contribution in [3.8, 4) is 0 Å². The second kappa shape index (κ2) is 4.37. The number of aryl methyl sites for hydroxylation is 1. The molecule has 2 rings (SSSR count). The van der Waals surface area contributed by atoms with Gasteiger partial charge in [-0.1, -0.05) is 30.3 Å². The van der Waals surface area contributed by atoms with E-state index in [0.717, 1.165) is 11.1 Å². The van der Waals surface area contributed by atoms with E-state index in [9.17, 15) is 5.11 Å². The molecule has 3 N–H and O–H groups in total. The van der Waals surface area contributed by atoms with Gasteiger partial charge < -0.3 is 10.8 Å². The minimum absolute atomic E-state index is 0.188. The zero-order valence-corrected chi connectivity index (χ0v) is 10.00. The van der Waals surface area contributed by atoms with E-state index < -0.39 is 5.60 Å². The van der Waals surface area contributed by atoms with Gasteiger partial charge in [-0.2, -0.15) is 0 Å². The van der Waals surface area contributed by atoms with E-state index in [0.29, 0.717) is 0 Å². The monoisotopic (exact) mass is 233 g/mol. The lowest BCUT2D eigenvalue weighted by Crippen LogP contribution is -2.35. The fourth-order valence-corrected chi connectivity index (χ4v) is 2.55. The van der Waals surface area contributed by atoms with Crippen LogP contribution in [0.1, 0.15) is 16.0 Å². The molecule has 2 nitrogen and oxygen atoms in total. The quantitative estimate of drug-likeness (QED) is 0.854. The lowest BCUT2D eigenvalue weighted by Gasteiger charge is -2.26. The average Bonchev–Trinajstić information content (AvgIpc) is 2.76. The predicted octanol–water partition coefficient (Wildman–Crippen LogP) is 2.25. The Bertz CT molecular complexity index is 466. The highest BCUT2D eigenvalue weighted by Gasteiger charge is 2.30. The van der Waals surface area contributed by atoms with Gasteiger partial charge in [-0.3, -0.25) is 0 Å². The van der Waals surface area contributed by atoms with E-state index in [4.69, 9.17) is 5.73 Å². The highest BCUT2D eigenvalue weighted by Crippen LogP contribution is 2.31. The molecular formula is C13H15NOS. The summed E-state index contributed by atoms with van der Waals surface area (Å²) in [6.45, 7) is 2.21. The summed E-state index contributed by atoms with van der Waals surface area (Å²) in [5, 5.41) is 12.6. The van der Waals surface area contributed by atoms with Gasteiger partial charge in [0.05, 0.1) is 0 Å². The van der Waals surface area contributed by atoms with Crippen molar-refractivity contribution in [1.29, 1.82) is 0 Å². The van der Waals surface area contributed by atoms with Crippen LogP contribution < -0.4 is 5.73 Å². The van der Waals surface area contributed by atoms with Crippen LogP contribution in [0.25, 0.3) is 0 Å². The number of hydrogen-bond acceptors (Lipinski definition) is 3. The Hall–Kier alpha value is -1.16. The molecule has 0 aliphatic carbocycles. The Morgan fingerprint density at radius 2 is 1.94 bits per heavy atom. The molecule has 0 fully saturated rings. The van der Waals surface area contributed by atoms with Gasteiger partial charge in [0.1, 0.15) is 5.60 Å². The lowest BCUT2D eigenvalue weighted by atomic mass is 9.88. The van der Waals surface area contributed by atoms with Gasteiger partial charge in [0.15, 0.2) is 0 Å². The van der Waals surface area contributed by atoms with E-state index in [1.165, 1.54) is 4.88 Å². The summed E-state index contributed by atoms with van der Waals surface area (Å²) in [5.74, 6) is 0. The van der Waals surface area contributed by atoms with Crippen LogP contribution in [-0.2, 0) is 5.60 Å². The lowest BCUT2D eigenvalue weighted by molar-refractivity contribution is 0.0907. The predicted molar refractivity (Wildman–Crippen MR) is 67.6 cm³/mol. The van der Waals surface area contributed by atoms with Crippen LogP contribution in [0.15, 0.2) is 41.8 Å². The van der Waals surface area contributed by atoms with Crippen molar-refractivity contribution in [1.82, 2.24) is 0 Å². The van der Waals surface area contributed by atoms with E-state index in [2.05, 4.69) is 0 Å². The zero-order chi connectivity index (χ0) is 11.6. The van der Waals surface area contributed by atoms with E-state index in [1.54, 1.807) is 11.3 Å². The molecule has 0 bridgehead atoms. The second-order valence-corrected chi connectivity index (χ2v) is 4.99. The number of thiophene rings is 1. The Morgan fingerprint density at radius 3 is 2.44 bits per heavy atom. The van der Waals surface area contributed by atoms with Crippen molar-refractivity contribution in [2.24, 2.45) is 5.73 Å². The van der Waals surface area contributed by atoms with Crippen LogP contribution >= 0.6 is 11.3 Å². The van der Waals surface area contributed by atoms with Gasteiger partial charge in [0, 0.05) is 17.0 Å². The SMILES string of the molecule is Cc1cc(C(O)(CN)c2ccccc2)cs1. The van der Waals surface area contributed by atoms with Crippen LogP contribution in [-0.4, -0.2) is 11.7 Å². The number of aliphatic hydroxyl groups is 1. The number of nitrogens with two attached hydrogens (primary N) is 1. The maximum absolute atomic E-state index is 10.7. The Kier molecular flexibility index (Phi) is 3.10. The average molecular weight is 233 g/mol. The summed E-state index contributed by atoms with van der Waals surface area (Å²) in [4.78, 5) is 1.18.